The number of carbonyl (C=O) groups is 3. The van der Waals surface area contributed by atoms with E-state index >= 15 is 0 Å². The van der Waals surface area contributed by atoms with E-state index in [9.17, 15) is 14.4 Å². The summed E-state index contributed by atoms with van der Waals surface area (Å²) in [6.45, 7) is -0.408. The van der Waals surface area contributed by atoms with Crippen molar-refractivity contribution in [1.82, 2.24) is 10.2 Å². The first-order valence-corrected chi connectivity index (χ1v) is 9.69. The van der Waals surface area contributed by atoms with E-state index in [0.29, 0.717) is 21.8 Å². The molecule has 1 aliphatic heterocycles. The lowest BCUT2D eigenvalue weighted by atomic mass is 9.82. The predicted octanol–water partition coefficient (Wildman–Crippen LogP) is 3.77. The number of nitrogens with one attached hydrogen (secondary N) is 2. The molecule has 30 heavy (non-hydrogen) atoms. The minimum Gasteiger partial charge on any atom is -0.325 e. The average Bonchev–Trinajstić information content (AvgIpc) is 3.02. The lowest BCUT2D eigenvalue weighted by Crippen LogP contribution is -2.45. The maximum atomic E-state index is 13.5. The molecule has 3 aromatic rings. The Morgan fingerprint density at radius 1 is 0.867 bits per heavy atom. The Labute approximate surface area is 178 Å². The van der Waals surface area contributed by atoms with E-state index in [0.717, 1.165) is 4.90 Å². The molecule has 0 atom stereocenters. The first-order valence-electron chi connectivity index (χ1n) is 9.31. The van der Waals surface area contributed by atoms with Crippen LogP contribution in [0.25, 0.3) is 0 Å². The van der Waals surface area contributed by atoms with Gasteiger partial charge in [-0.2, -0.15) is 0 Å². The summed E-state index contributed by atoms with van der Waals surface area (Å²) in [7, 11) is 0. The Balaban J connectivity index is 1.64. The molecule has 0 radical (unpaired) electrons. The van der Waals surface area contributed by atoms with E-state index in [1.165, 1.54) is 0 Å². The smallest absolute Gasteiger partial charge is 0.325 e. The van der Waals surface area contributed by atoms with Crippen LogP contribution in [0.1, 0.15) is 11.1 Å². The third-order valence-corrected chi connectivity index (χ3v) is 5.20. The molecular weight excluding hydrogens is 402 g/mol. The Morgan fingerprint density at radius 3 is 1.93 bits per heavy atom. The van der Waals surface area contributed by atoms with Crippen LogP contribution in [0.4, 0.5) is 10.5 Å². The molecule has 0 aromatic heterocycles. The van der Waals surface area contributed by atoms with Crippen molar-refractivity contribution in [2.45, 2.75) is 5.54 Å². The summed E-state index contributed by atoms with van der Waals surface area (Å²) in [5, 5.41) is 6.03. The minimum absolute atomic E-state index is 0.408. The van der Waals surface area contributed by atoms with Crippen molar-refractivity contribution in [2.24, 2.45) is 0 Å². The highest BCUT2D eigenvalue weighted by molar-refractivity contribution is 6.30. The number of anilines is 1. The summed E-state index contributed by atoms with van der Waals surface area (Å²) in [6, 6.07) is 23.9. The van der Waals surface area contributed by atoms with Crippen molar-refractivity contribution in [3.63, 3.8) is 0 Å². The highest BCUT2D eigenvalue weighted by Crippen LogP contribution is 2.35. The number of benzene rings is 3. The molecule has 7 heteroatoms. The third-order valence-electron chi connectivity index (χ3n) is 4.95. The van der Waals surface area contributed by atoms with E-state index in [-0.39, 0.29) is 0 Å². The molecule has 1 aliphatic rings. The van der Waals surface area contributed by atoms with E-state index in [1.807, 2.05) is 12.1 Å². The van der Waals surface area contributed by atoms with Crippen LogP contribution in [0.15, 0.2) is 84.9 Å². The summed E-state index contributed by atoms with van der Waals surface area (Å²) in [6.07, 6.45) is 0. The summed E-state index contributed by atoms with van der Waals surface area (Å²) in [5.74, 6) is -0.992. The van der Waals surface area contributed by atoms with Gasteiger partial charge >= 0.3 is 6.03 Å². The van der Waals surface area contributed by atoms with Crippen LogP contribution >= 0.6 is 11.6 Å². The zero-order chi connectivity index (χ0) is 21.1. The van der Waals surface area contributed by atoms with E-state index in [1.54, 1.807) is 72.8 Å². The number of nitrogens with zero attached hydrogens (tertiary/aromatic N) is 1. The zero-order valence-electron chi connectivity index (χ0n) is 15.8. The van der Waals surface area contributed by atoms with Crippen LogP contribution in [0, 0.1) is 0 Å². The molecule has 4 rings (SSSR count). The maximum Gasteiger partial charge on any atom is 0.326 e. The largest absolute Gasteiger partial charge is 0.326 e. The number of carbonyl (C=O) groups excluding carboxylic acids is 3. The molecule has 3 aromatic carbocycles. The van der Waals surface area contributed by atoms with Gasteiger partial charge in [0.25, 0.3) is 5.91 Å². The number of hydrogen-bond donors (Lipinski definition) is 2. The van der Waals surface area contributed by atoms with E-state index < -0.39 is 29.9 Å². The highest BCUT2D eigenvalue weighted by atomic mass is 35.5. The van der Waals surface area contributed by atoms with Gasteiger partial charge in [-0.3, -0.25) is 14.5 Å². The monoisotopic (exact) mass is 419 g/mol. The minimum atomic E-state index is -1.39. The standard InChI is InChI=1S/C23H18ClN3O3/c24-18-11-13-19(14-12-18)25-20(28)15-27-21(29)23(26-22(27)30,16-7-3-1-4-8-16)17-9-5-2-6-10-17/h1-14H,15H2,(H,25,28)(H,26,30). The SMILES string of the molecule is O=C(CN1C(=O)NC(c2ccccc2)(c2ccccc2)C1=O)Nc1ccc(Cl)cc1. The molecule has 1 heterocycles. The van der Waals surface area contributed by atoms with Crippen molar-refractivity contribution in [3.8, 4) is 0 Å². The first kappa shape index (κ1) is 19.7. The lowest BCUT2D eigenvalue weighted by molar-refractivity contribution is -0.133. The van der Waals surface area contributed by atoms with Gasteiger partial charge in [0.2, 0.25) is 5.91 Å². The fourth-order valence-electron chi connectivity index (χ4n) is 3.53. The average molecular weight is 420 g/mol. The maximum absolute atomic E-state index is 13.5. The second-order valence-corrected chi connectivity index (χ2v) is 7.30. The van der Waals surface area contributed by atoms with Crippen LogP contribution in [0.3, 0.4) is 0 Å². The molecule has 0 spiro atoms. The van der Waals surface area contributed by atoms with Gasteiger partial charge in [0.05, 0.1) is 0 Å². The molecular formula is C23H18ClN3O3. The fraction of sp³-hybridized carbons (Fsp3) is 0.0870. The Hall–Kier alpha value is -3.64. The number of hydrogen-bond acceptors (Lipinski definition) is 3. The molecule has 0 bridgehead atoms. The summed E-state index contributed by atoms with van der Waals surface area (Å²) in [4.78, 5) is 39.7. The van der Waals surface area contributed by atoms with Gasteiger partial charge in [-0.1, -0.05) is 72.3 Å². The van der Waals surface area contributed by atoms with Crippen molar-refractivity contribution < 1.29 is 14.4 Å². The molecule has 0 saturated carbocycles. The van der Waals surface area contributed by atoms with Crippen LogP contribution in [-0.4, -0.2) is 29.3 Å². The molecule has 1 saturated heterocycles. The van der Waals surface area contributed by atoms with E-state index in [4.69, 9.17) is 11.6 Å². The summed E-state index contributed by atoms with van der Waals surface area (Å²) in [5.41, 5.74) is 0.374. The second-order valence-electron chi connectivity index (χ2n) is 6.86. The van der Waals surface area contributed by atoms with Crippen LogP contribution in [0.5, 0.6) is 0 Å². The van der Waals surface area contributed by atoms with Crippen molar-refractivity contribution in [3.05, 3.63) is 101 Å². The lowest BCUT2D eigenvalue weighted by Gasteiger charge is -2.28. The quantitative estimate of drug-likeness (QED) is 0.618. The van der Waals surface area contributed by atoms with Gasteiger partial charge in [0, 0.05) is 10.7 Å². The van der Waals surface area contributed by atoms with Gasteiger partial charge in [-0.05, 0) is 35.4 Å². The zero-order valence-corrected chi connectivity index (χ0v) is 16.6. The predicted molar refractivity (Wildman–Crippen MR) is 114 cm³/mol. The molecule has 150 valence electrons. The number of rotatable bonds is 5. The van der Waals surface area contributed by atoms with Gasteiger partial charge < -0.3 is 10.6 Å². The van der Waals surface area contributed by atoms with Gasteiger partial charge in [0.15, 0.2) is 5.54 Å². The molecule has 0 aliphatic carbocycles. The Kier molecular flexibility index (Phi) is 5.25. The van der Waals surface area contributed by atoms with Gasteiger partial charge in [0.1, 0.15) is 6.54 Å². The molecule has 6 nitrogen and oxygen atoms in total. The van der Waals surface area contributed by atoms with Crippen LogP contribution < -0.4 is 10.6 Å². The molecule has 0 unspecified atom stereocenters. The summed E-state index contributed by atoms with van der Waals surface area (Å²) >= 11 is 5.85. The normalized spacial score (nSPS) is 15.0. The first-order chi connectivity index (χ1) is 14.5. The fourth-order valence-corrected chi connectivity index (χ4v) is 3.66. The topological polar surface area (TPSA) is 78.5 Å². The second kappa shape index (κ2) is 8.00. The van der Waals surface area contributed by atoms with E-state index in [2.05, 4.69) is 10.6 Å². The van der Waals surface area contributed by atoms with Crippen LogP contribution in [-0.2, 0) is 15.1 Å². The van der Waals surface area contributed by atoms with Crippen molar-refractivity contribution in [2.75, 3.05) is 11.9 Å². The van der Waals surface area contributed by atoms with Gasteiger partial charge in [-0.15, -0.1) is 0 Å². The van der Waals surface area contributed by atoms with Gasteiger partial charge in [-0.25, -0.2) is 4.79 Å². The Morgan fingerprint density at radius 2 is 1.40 bits per heavy atom. The Bertz CT molecular complexity index is 1050. The highest BCUT2D eigenvalue weighted by Gasteiger charge is 2.54. The number of urea groups is 1. The molecule has 4 amide bonds. The van der Waals surface area contributed by atoms with Crippen molar-refractivity contribution >= 4 is 35.1 Å². The third kappa shape index (κ3) is 3.53. The number of imide groups is 1. The number of amides is 4. The van der Waals surface area contributed by atoms with Crippen LogP contribution in [0.2, 0.25) is 5.02 Å². The van der Waals surface area contributed by atoms with Crippen molar-refractivity contribution in [1.29, 1.82) is 0 Å². The number of halogens is 1. The molecule has 2 N–H and O–H groups in total. The summed E-state index contributed by atoms with van der Waals surface area (Å²) < 4.78 is 0. The molecule has 1 fully saturated rings.